The Labute approximate surface area is 140 Å². The van der Waals surface area contributed by atoms with Gasteiger partial charge in [-0.05, 0) is 23.7 Å². The fraction of sp³-hybridized carbons (Fsp3) is 0.286. The molecule has 7 nitrogen and oxygen atoms in total. The van der Waals surface area contributed by atoms with Crippen LogP contribution in [0.25, 0.3) is 0 Å². The number of thioether (sulfide) groups is 2. The summed E-state index contributed by atoms with van der Waals surface area (Å²) in [6.07, 6.45) is 1.84. The van der Waals surface area contributed by atoms with E-state index in [0.29, 0.717) is 0 Å². The van der Waals surface area contributed by atoms with Gasteiger partial charge in [0.25, 0.3) is 5.69 Å². The Balaban J connectivity index is 1.73. The Kier molecular flexibility index (Phi) is 3.53. The number of hydrogen-bond donors (Lipinski definition) is 0. The molecule has 0 N–H and O–H groups in total. The highest BCUT2D eigenvalue weighted by atomic mass is 32.2. The number of aryl methyl sites for hydroxylation is 1. The van der Waals surface area contributed by atoms with Crippen LogP contribution in [0.3, 0.4) is 0 Å². The molecule has 0 saturated heterocycles. The molecule has 3 heterocycles. The lowest BCUT2D eigenvalue weighted by Gasteiger charge is -2.25. The van der Waals surface area contributed by atoms with Crippen LogP contribution in [0.15, 0.2) is 39.9 Å². The van der Waals surface area contributed by atoms with E-state index in [4.69, 9.17) is 0 Å². The van der Waals surface area contributed by atoms with Gasteiger partial charge in [-0.15, -0.1) is 10.2 Å². The topological polar surface area (TPSA) is 77.1 Å². The third-order valence-corrected chi connectivity index (χ3v) is 5.86. The normalized spacial score (nSPS) is 18.7. The number of nitrogens with zero attached hydrogens (tertiary/aromatic N) is 5. The molecule has 0 amide bonds. The molecule has 2 aliphatic rings. The van der Waals surface area contributed by atoms with Crippen LogP contribution >= 0.6 is 23.5 Å². The van der Waals surface area contributed by atoms with E-state index in [-0.39, 0.29) is 16.0 Å². The van der Waals surface area contributed by atoms with E-state index in [9.17, 15) is 10.1 Å². The van der Waals surface area contributed by atoms with Crippen molar-refractivity contribution in [2.24, 2.45) is 0 Å². The Hall–Kier alpha value is -2.00. The predicted molar refractivity (Wildman–Crippen MR) is 89.6 cm³/mol. The quantitative estimate of drug-likeness (QED) is 0.619. The molecule has 9 heteroatoms. The van der Waals surface area contributed by atoms with Gasteiger partial charge in [-0.1, -0.05) is 30.8 Å². The molecule has 0 spiro atoms. The van der Waals surface area contributed by atoms with E-state index in [1.165, 1.54) is 6.07 Å². The number of hydrogen-bond acceptors (Lipinski definition) is 7. The van der Waals surface area contributed by atoms with Gasteiger partial charge in [-0.2, -0.15) is 0 Å². The van der Waals surface area contributed by atoms with Crippen molar-refractivity contribution in [2.75, 3.05) is 5.01 Å². The molecule has 0 radical (unpaired) electrons. The number of rotatable bonds is 4. The van der Waals surface area contributed by atoms with Gasteiger partial charge in [0, 0.05) is 24.0 Å². The molecule has 0 saturated carbocycles. The van der Waals surface area contributed by atoms with Crippen molar-refractivity contribution in [3.8, 4) is 0 Å². The second-order valence-corrected chi connectivity index (χ2v) is 7.15. The zero-order valence-corrected chi connectivity index (χ0v) is 13.9. The standard InChI is InChI=1S/C14H13N5O2S2/c1-2-4-11-15-16-14-17(11)18-12(23-14)8-22-13(18)9-5-3-6-10(7-9)19(20)21/h3,5-8,13H,2,4H2,1H3. The summed E-state index contributed by atoms with van der Waals surface area (Å²) >= 11 is 3.23. The SMILES string of the molecule is CCCc1nnc2n1N1C(=CSC1c1cccc([N+](=O)[O-])c1)S2. The van der Waals surface area contributed by atoms with Crippen LogP contribution < -0.4 is 5.01 Å². The Morgan fingerprint density at radius 3 is 3.04 bits per heavy atom. The number of benzene rings is 1. The summed E-state index contributed by atoms with van der Waals surface area (Å²) in [5.74, 6) is 0.927. The van der Waals surface area contributed by atoms with Crippen molar-refractivity contribution in [3.63, 3.8) is 0 Å². The Morgan fingerprint density at radius 1 is 1.39 bits per heavy atom. The van der Waals surface area contributed by atoms with Gasteiger partial charge in [0.05, 0.1) is 4.92 Å². The molecule has 0 fully saturated rings. The number of nitro benzene ring substituents is 1. The van der Waals surface area contributed by atoms with Crippen LogP contribution in [0.1, 0.15) is 30.1 Å². The second-order valence-electron chi connectivity index (χ2n) is 5.20. The number of non-ortho nitro benzene ring substituents is 1. The minimum Gasteiger partial charge on any atom is -0.258 e. The Morgan fingerprint density at radius 2 is 2.26 bits per heavy atom. The Bertz CT molecular complexity index is 819. The fourth-order valence-corrected chi connectivity index (χ4v) is 4.92. The average Bonchev–Trinajstić information content (AvgIpc) is 3.20. The molecule has 1 atom stereocenters. The molecule has 1 aromatic heterocycles. The molecule has 0 bridgehead atoms. The van der Waals surface area contributed by atoms with Gasteiger partial charge >= 0.3 is 0 Å². The van der Waals surface area contributed by atoms with Crippen LogP contribution in [-0.4, -0.2) is 19.8 Å². The van der Waals surface area contributed by atoms with Crippen molar-refractivity contribution in [2.45, 2.75) is 30.3 Å². The lowest BCUT2D eigenvalue weighted by atomic mass is 10.2. The first-order valence-corrected chi connectivity index (χ1v) is 8.96. The van der Waals surface area contributed by atoms with E-state index in [1.54, 1.807) is 35.7 Å². The maximum Gasteiger partial charge on any atom is 0.269 e. The minimum absolute atomic E-state index is 0.0368. The molecule has 2 aliphatic heterocycles. The highest BCUT2D eigenvalue weighted by Crippen LogP contribution is 2.51. The fourth-order valence-electron chi connectivity index (χ4n) is 2.68. The molecule has 118 valence electrons. The average molecular weight is 347 g/mol. The molecular weight excluding hydrogens is 334 g/mol. The highest BCUT2D eigenvalue weighted by molar-refractivity contribution is 8.07. The lowest BCUT2D eigenvalue weighted by molar-refractivity contribution is -0.384. The summed E-state index contributed by atoms with van der Waals surface area (Å²) in [6, 6.07) is 6.81. The van der Waals surface area contributed by atoms with E-state index < -0.39 is 0 Å². The third kappa shape index (κ3) is 2.31. The highest BCUT2D eigenvalue weighted by Gasteiger charge is 2.39. The summed E-state index contributed by atoms with van der Waals surface area (Å²) < 4.78 is 2.05. The molecule has 1 unspecified atom stereocenters. The first-order valence-electron chi connectivity index (χ1n) is 7.20. The number of fused-ring (bicyclic) bond motifs is 3. The summed E-state index contributed by atoms with van der Waals surface area (Å²) in [5.41, 5.74) is 1.02. The summed E-state index contributed by atoms with van der Waals surface area (Å²) in [7, 11) is 0. The van der Waals surface area contributed by atoms with E-state index in [1.807, 2.05) is 10.7 Å². The van der Waals surface area contributed by atoms with Crippen LogP contribution in [0, 0.1) is 10.1 Å². The minimum atomic E-state index is -0.358. The first kappa shape index (κ1) is 14.6. The first-order chi connectivity index (χ1) is 11.2. The van der Waals surface area contributed by atoms with Gasteiger partial charge in [0.2, 0.25) is 5.16 Å². The zero-order valence-electron chi connectivity index (χ0n) is 12.2. The summed E-state index contributed by atoms with van der Waals surface area (Å²) in [5, 5.41) is 25.7. The molecule has 23 heavy (non-hydrogen) atoms. The third-order valence-electron chi connectivity index (χ3n) is 3.67. The van der Waals surface area contributed by atoms with Gasteiger partial charge in [0.15, 0.2) is 5.82 Å². The molecule has 2 aromatic rings. The van der Waals surface area contributed by atoms with Gasteiger partial charge in [-0.3, -0.25) is 15.1 Å². The van der Waals surface area contributed by atoms with Crippen molar-refractivity contribution in [1.29, 1.82) is 0 Å². The lowest BCUT2D eigenvalue weighted by Crippen LogP contribution is -2.30. The molecule has 4 rings (SSSR count). The van der Waals surface area contributed by atoms with Crippen LogP contribution in [0.2, 0.25) is 0 Å². The van der Waals surface area contributed by atoms with Crippen molar-refractivity contribution in [1.82, 2.24) is 14.9 Å². The molecular formula is C14H13N5O2S2. The van der Waals surface area contributed by atoms with Crippen LogP contribution in [0.4, 0.5) is 5.69 Å². The van der Waals surface area contributed by atoms with Crippen LogP contribution in [0.5, 0.6) is 0 Å². The summed E-state index contributed by atoms with van der Waals surface area (Å²) in [6.45, 7) is 2.11. The number of nitro groups is 1. The van der Waals surface area contributed by atoms with Crippen molar-refractivity contribution < 1.29 is 4.92 Å². The van der Waals surface area contributed by atoms with E-state index >= 15 is 0 Å². The second kappa shape index (κ2) is 5.57. The van der Waals surface area contributed by atoms with Crippen molar-refractivity contribution in [3.05, 3.63) is 56.2 Å². The zero-order chi connectivity index (χ0) is 16.0. The maximum absolute atomic E-state index is 11.0. The largest absolute Gasteiger partial charge is 0.269 e. The van der Waals surface area contributed by atoms with E-state index in [0.717, 1.165) is 34.4 Å². The summed E-state index contributed by atoms with van der Waals surface area (Å²) in [4.78, 5) is 10.7. The van der Waals surface area contributed by atoms with Gasteiger partial charge in [0.1, 0.15) is 10.4 Å². The molecule has 1 aromatic carbocycles. The predicted octanol–water partition coefficient (Wildman–Crippen LogP) is 3.43. The van der Waals surface area contributed by atoms with Gasteiger partial charge < -0.3 is 0 Å². The van der Waals surface area contributed by atoms with Crippen LogP contribution in [-0.2, 0) is 6.42 Å². The molecule has 0 aliphatic carbocycles. The maximum atomic E-state index is 11.0. The van der Waals surface area contributed by atoms with Gasteiger partial charge in [-0.25, -0.2) is 4.68 Å². The monoisotopic (exact) mass is 347 g/mol. The van der Waals surface area contributed by atoms with Crippen molar-refractivity contribution >= 4 is 29.2 Å². The number of aromatic nitrogens is 3. The van der Waals surface area contributed by atoms with E-state index in [2.05, 4.69) is 27.5 Å². The smallest absolute Gasteiger partial charge is 0.258 e.